The van der Waals surface area contributed by atoms with E-state index in [4.69, 9.17) is 4.74 Å². The maximum Gasteiger partial charge on any atom is 0.118 e. The van der Waals surface area contributed by atoms with Crippen LogP contribution in [0.25, 0.3) is 0 Å². The monoisotopic (exact) mass is 265 g/mol. The normalized spacial score (nSPS) is 20.9. The van der Waals surface area contributed by atoms with Gasteiger partial charge in [0.05, 0.1) is 7.11 Å². The summed E-state index contributed by atoms with van der Waals surface area (Å²) >= 11 is 2.09. The van der Waals surface area contributed by atoms with Crippen LogP contribution in [0.15, 0.2) is 24.3 Å². The molecule has 1 aromatic carbocycles. The number of hydrogen-bond acceptors (Lipinski definition) is 3. The highest BCUT2D eigenvalue weighted by molar-refractivity contribution is 7.99. The second-order valence-electron chi connectivity index (χ2n) is 4.87. The first-order valence-electron chi connectivity index (χ1n) is 6.78. The number of thioether (sulfide) groups is 1. The summed E-state index contributed by atoms with van der Waals surface area (Å²) in [6.07, 6.45) is 2.50. The molecule has 0 amide bonds. The van der Waals surface area contributed by atoms with Gasteiger partial charge in [0, 0.05) is 6.04 Å². The Morgan fingerprint density at radius 2 is 2.17 bits per heavy atom. The molecule has 1 aromatic rings. The van der Waals surface area contributed by atoms with Crippen molar-refractivity contribution < 1.29 is 4.74 Å². The molecule has 0 saturated carbocycles. The van der Waals surface area contributed by atoms with E-state index in [2.05, 4.69) is 36.1 Å². The number of hydrogen-bond donors (Lipinski definition) is 1. The molecular formula is C15H23NOS. The molecule has 0 aromatic heterocycles. The largest absolute Gasteiger partial charge is 0.497 e. The Bertz CT molecular complexity index is 346. The van der Waals surface area contributed by atoms with Gasteiger partial charge in [-0.1, -0.05) is 19.1 Å². The molecule has 1 heterocycles. The first-order valence-corrected chi connectivity index (χ1v) is 7.94. The number of rotatable bonds is 6. The molecular weight excluding hydrogens is 242 g/mol. The van der Waals surface area contributed by atoms with Crippen LogP contribution >= 0.6 is 11.8 Å². The smallest absolute Gasteiger partial charge is 0.118 e. The summed E-state index contributed by atoms with van der Waals surface area (Å²) in [5, 5.41) is 3.71. The highest BCUT2D eigenvalue weighted by Gasteiger charge is 2.17. The fraction of sp³-hybridized carbons (Fsp3) is 0.600. The SMILES string of the molecule is CCC(NCC1CCSC1)c1ccc(OC)cc1. The van der Waals surface area contributed by atoms with Crippen molar-refractivity contribution in [3.05, 3.63) is 29.8 Å². The van der Waals surface area contributed by atoms with Crippen LogP contribution in [0.2, 0.25) is 0 Å². The predicted molar refractivity (Wildman–Crippen MR) is 79.5 cm³/mol. The van der Waals surface area contributed by atoms with E-state index in [-0.39, 0.29) is 0 Å². The molecule has 0 radical (unpaired) electrons. The van der Waals surface area contributed by atoms with E-state index in [1.807, 2.05) is 12.1 Å². The van der Waals surface area contributed by atoms with E-state index in [9.17, 15) is 0 Å². The maximum atomic E-state index is 5.20. The van der Waals surface area contributed by atoms with Gasteiger partial charge in [-0.05, 0) is 54.5 Å². The summed E-state index contributed by atoms with van der Waals surface area (Å²) in [5.74, 6) is 4.46. The minimum Gasteiger partial charge on any atom is -0.497 e. The van der Waals surface area contributed by atoms with Crippen LogP contribution in [-0.2, 0) is 0 Å². The van der Waals surface area contributed by atoms with E-state index in [1.165, 1.54) is 23.5 Å². The zero-order valence-electron chi connectivity index (χ0n) is 11.3. The molecule has 2 unspecified atom stereocenters. The Kier molecular flexibility index (Phi) is 5.39. The Labute approximate surface area is 114 Å². The Morgan fingerprint density at radius 1 is 1.39 bits per heavy atom. The van der Waals surface area contributed by atoms with Crippen molar-refractivity contribution >= 4 is 11.8 Å². The number of nitrogens with one attached hydrogen (secondary N) is 1. The van der Waals surface area contributed by atoms with Gasteiger partial charge in [0.15, 0.2) is 0 Å². The second-order valence-corrected chi connectivity index (χ2v) is 6.02. The Morgan fingerprint density at radius 3 is 2.72 bits per heavy atom. The summed E-state index contributed by atoms with van der Waals surface area (Å²) in [5.41, 5.74) is 1.36. The lowest BCUT2D eigenvalue weighted by Gasteiger charge is -2.20. The maximum absolute atomic E-state index is 5.20. The topological polar surface area (TPSA) is 21.3 Å². The summed E-state index contributed by atoms with van der Waals surface area (Å²) in [6.45, 7) is 3.39. The third kappa shape index (κ3) is 3.66. The molecule has 1 fully saturated rings. The fourth-order valence-corrected chi connectivity index (χ4v) is 3.67. The van der Waals surface area contributed by atoms with Gasteiger partial charge in [-0.2, -0.15) is 11.8 Å². The lowest BCUT2D eigenvalue weighted by atomic mass is 10.0. The molecule has 1 aliphatic heterocycles. The first kappa shape index (κ1) is 13.8. The quantitative estimate of drug-likeness (QED) is 0.851. The summed E-state index contributed by atoms with van der Waals surface area (Å²) in [6, 6.07) is 8.91. The molecule has 2 nitrogen and oxygen atoms in total. The van der Waals surface area contributed by atoms with Crippen molar-refractivity contribution in [3.8, 4) is 5.75 Å². The van der Waals surface area contributed by atoms with Crippen molar-refractivity contribution in [2.45, 2.75) is 25.8 Å². The van der Waals surface area contributed by atoms with Crippen molar-refractivity contribution in [1.82, 2.24) is 5.32 Å². The van der Waals surface area contributed by atoms with Gasteiger partial charge < -0.3 is 10.1 Å². The molecule has 0 aliphatic carbocycles. The van der Waals surface area contributed by atoms with Crippen molar-refractivity contribution in [2.24, 2.45) is 5.92 Å². The third-order valence-corrected chi connectivity index (χ3v) is 4.83. The van der Waals surface area contributed by atoms with Crippen LogP contribution in [0.1, 0.15) is 31.4 Å². The average molecular weight is 265 g/mol. The number of methoxy groups -OCH3 is 1. The first-order chi connectivity index (χ1) is 8.83. The van der Waals surface area contributed by atoms with E-state index < -0.39 is 0 Å². The molecule has 1 N–H and O–H groups in total. The summed E-state index contributed by atoms with van der Waals surface area (Å²) in [4.78, 5) is 0. The summed E-state index contributed by atoms with van der Waals surface area (Å²) < 4.78 is 5.20. The lowest BCUT2D eigenvalue weighted by molar-refractivity contribution is 0.413. The fourth-order valence-electron chi connectivity index (χ4n) is 2.39. The molecule has 0 bridgehead atoms. The van der Waals surface area contributed by atoms with E-state index in [1.54, 1.807) is 7.11 Å². The van der Waals surface area contributed by atoms with Crippen LogP contribution in [0.3, 0.4) is 0 Å². The molecule has 1 saturated heterocycles. The van der Waals surface area contributed by atoms with Crippen molar-refractivity contribution in [3.63, 3.8) is 0 Å². The minimum absolute atomic E-state index is 0.474. The zero-order valence-corrected chi connectivity index (χ0v) is 12.1. The highest BCUT2D eigenvalue weighted by Crippen LogP contribution is 2.25. The molecule has 2 atom stereocenters. The van der Waals surface area contributed by atoms with Gasteiger partial charge in [-0.25, -0.2) is 0 Å². The molecule has 18 heavy (non-hydrogen) atoms. The van der Waals surface area contributed by atoms with Gasteiger partial charge in [-0.15, -0.1) is 0 Å². The number of ether oxygens (including phenoxy) is 1. The van der Waals surface area contributed by atoms with Crippen LogP contribution in [0.4, 0.5) is 0 Å². The molecule has 100 valence electrons. The number of benzene rings is 1. The highest BCUT2D eigenvalue weighted by atomic mass is 32.2. The summed E-state index contributed by atoms with van der Waals surface area (Å²) in [7, 11) is 1.71. The van der Waals surface area contributed by atoms with Crippen molar-refractivity contribution in [1.29, 1.82) is 0 Å². The van der Waals surface area contributed by atoms with Gasteiger partial charge in [-0.3, -0.25) is 0 Å². The Hall–Kier alpha value is -0.670. The van der Waals surface area contributed by atoms with Gasteiger partial charge in [0.1, 0.15) is 5.75 Å². The minimum atomic E-state index is 0.474. The van der Waals surface area contributed by atoms with Gasteiger partial charge >= 0.3 is 0 Å². The third-order valence-electron chi connectivity index (χ3n) is 3.60. The second kappa shape index (κ2) is 7.05. The molecule has 3 heteroatoms. The van der Waals surface area contributed by atoms with Crippen LogP contribution in [0, 0.1) is 5.92 Å². The lowest BCUT2D eigenvalue weighted by Crippen LogP contribution is -2.27. The average Bonchev–Trinajstić information content (AvgIpc) is 2.93. The molecule has 1 aliphatic rings. The van der Waals surface area contributed by atoms with E-state index in [0.29, 0.717) is 6.04 Å². The molecule has 0 spiro atoms. The standard InChI is InChI=1S/C15H23NOS/c1-3-15(16-10-12-8-9-18-11-12)13-4-6-14(17-2)7-5-13/h4-7,12,15-16H,3,8-11H2,1-2H3. The zero-order chi connectivity index (χ0) is 12.8. The van der Waals surface area contributed by atoms with Gasteiger partial charge in [0.2, 0.25) is 0 Å². The Balaban J connectivity index is 1.89. The van der Waals surface area contributed by atoms with Crippen molar-refractivity contribution in [2.75, 3.05) is 25.2 Å². The van der Waals surface area contributed by atoms with Crippen LogP contribution in [-0.4, -0.2) is 25.2 Å². The van der Waals surface area contributed by atoms with Gasteiger partial charge in [0.25, 0.3) is 0 Å². The predicted octanol–water partition coefficient (Wildman–Crippen LogP) is 3.49. The van der Waals surface area contributed by atoms with E-state index >= 15 is 0 Å². The van der Waals surface area contributed by atoms with E-state index in [0.717, 1.165) is 24.6 Å². The molecule has 2 rings (SSSR count). The van der Waals surface area contributed by atoms with Crippen LogP contribution < -0.4 is 10.1 Å². The van der Waals surface area contributed by atoms with Crippen LogP contribution in [0.5, 0.6) is 5.75 Å².